The van der Waals surface area contributed by atoms with Crippen LogP contribution in [0.5, 0.6) is 0 Å². The Kier molecular flexibility index (Phi) is 1.02. The lowest BCUT2D eigenvalue weighted by Crippen LogP contribution is -1.64. The topological polar surface area (TPSA) is 26.0 Å². The van der Waals surface area contributed by atoms with Gasteiger partial charge in [-0.05, 0) is 11.6 Å². The summed E-state index contributed by atoms with van der Waals surface area (Å²) in [6, 6.07) is 0. The fourth-order valence-electron chi connectivity index (χ4n) is 0.255. The Balaban J connectivity index is 3.12. The first-order chi connectivity index (χ1) is 3.30. The summed E-state index contributed by atoms with van der Waals surface area (Å²) in [5.41, 5.74) is 0.488. The minimum Gasteiger partial charge on any atom is -0.432 e. The molecular weight excluding hydrogens is 114 g/mol. The highest BCUT2D eigenvalue weighted by molar-refractivity contribution is 6.29. The molecule has 0 bridgehead atoms. The normalized spacial score (nSPS) is 9.43. The highest BCUT2D eigenvalue weighted by atomic mass is 35.5. The Morgan fingerprint density at radius 3 is 2.71 bits per heavy atom. The van der Waals surface area contributed by atoms with Crippen LogP contribution in [0.4, 0.5) is 0 Å². The molecule has 0 fully saturated rings. The van der Waals surface area contributed by atoms with E-state index in [2.05, 4.69) is 16.3 Å². The third-order valence-corrected chi connectivity index (χ3v) is 0.899. The summed E-state index contributed by atoms with van der Waals surface area (Å²) >= 11 is 5.33. The second-order valence-corrected chi connectivity index (χ2v) is 1.42. The lowest BCUT2D eigenvalue weighted by molar-refractivity contribution is 0.559. The van der Waals surface area contributed by atoms with Crippen molar-refractivity contribution in [1.29, 1.82) is 0 Å². The molecule has 0 spiro atoms. The maximum atomic E-state index is 5.33. The molecule has 1 heterocycles. The first kappa shape index (κ1) is 4.65. The zero-order valence-electron chi connectivity index (χ0n) is 3.52. The quantitative estimate of drug-likeness (QED) is 0.514. The van der Waals surface area contributed by atoms with Crippen LogP contribution in [0.1, 0.15) is 5.69 Å². The number of hydrogen-bond donors (Lipinski definition) is 0. The minimum atomic E-state index is 0.264. The average molecular weight is 117 g/mol. The van der Waals surface area contributed by atoms with Gasteiger partial charge in [0.1, 0.15) is 0 Å². The van der Waals surface area contributed by atoms with Crippen molar-refractivity contribution in [3.8, 4) is 0 Å². The van der Waals surface area contributed by atoms with E-state index in [4.69, 9.17) is 11.6 Å². The molecule has 0 aliphatic rings. The van der Waals surface area contributed by atoms with Crippen LogP contribution in [0.15, 0.2) is 10.8 Å². The van der Waals surface area contributed by atoms with Gasteiger partial charge in [-0.15, -0.1) is 0 Å². The van der Waals surface area contributed by atoms with Gasteiger partial charge < -0.3 is 4.42 Å². The Morgan fingerprint density at radius 1 is 1.86 bits per heavy atom. The molecule has 3 heteroatoms. The van der Waals surface area contributed by atoms with Crippen LogP contribution in [0, 0.1) is 6.92 Å². The lowest BCUT2D eigenvalue weighted by Gasteiger charge is -1.73. The average Bonchev–Trinajstić information content (AvgIpc) is 1.91. The van der Waals surface area contributed by atoms with Gasteiger partial charge in [0.15, 0.2) is 6.39 Å². The van der Waals surface area contributed by atoms with Crippen LogP contribution in [0.25, 0.3) is 0 Å². The fourth-order valence-corrected chi connectivity index (χ4v) is 0.344. The maximum absolute atomic E-state index is 5.33. The number of nitrogens with zero attached hydrogens (tertiary/aromatic N) is 1. The molecule has 0 amide bonds. The number of oxazole rings is 1. The van der Waals surface area contributed by atoms with E-state index in [1.54, 1.807) is 0 Å². The smallest absolute Gasteiger partial charge is 0.216 e. The van der Waals surface area contributed by atoms with Gasteiger partial charge in [-0.2, -0.15) is 0 Å². The second kappa shape index (κ2) is 1.54. The van der Waals surface area contributed by atoms with Crippen molar-refractivity contribution in [3.63, 3.8) is 0 Å². The van der Waals surface area contributed by atoms with Gasteiger partial charge in [0.05, 0.1) is 5.69 Å². The summed E-state index contributed by atoms with van der Waals surface area (Å²) in [4.78, 5) is 3.61. The predicted octanol–water partition coefficient (Wildman–Crippen LogP) is 1.51. The zero-order valence-corrected chi connectivity index (χ0v) is 4.27. The molecule has 0 saturated heterocycles. The standard InChI is InChI=1S/C4H3ClNO/c1-3-4(5)7-2-6-3/h2H,1H2. The molecule has 0 unspecified atom stereocenters. The van der Waals surface area contributed by atoms with E-state index in [0.717, 1.165) is 0 Å². The lowest BCUT2D eigenvalue weighted by atomic mass is 10.6. The van der Waals surface area contributed by atoms with E-state index in [1.807, 2.05) is 0 Å². The van der Waals surface area contributed by atoms with Crippen molar-refractivity contribution >= 4 is 11.6 Å². The van der Waals surface area contributed by atoms with Crippen molar-refractivity contribution in [2.24, 2.45) is 0 Å². The van der Waals surface area contributed by atoms with E-state index < -0.39 is 0 Å². The third-order valence-electron chi connectivity index (χ3n) is 0.592. The summed E-state index contributed by atoms with van der Waals surface area (Å²) in [5.74, 6) is 0. The number of hydrogen-bond acceptors (Lipinski definition) is 2. The zero-order chi connectivity index (χ0) is 5.28. The highest BCUT2D eigenvalue weighted by Gasteiger charge is 1.94. The molecule has 37 valence electrons. The minimum absolute atomic E-state index is 0.264. The van der Waals surface area contributed by atoms with Gasteiger partial charge >= 0.3 is 0 Å². The van der Waals surface area contributed by atoms with Crippen LogP contribution in [0.2, 0.25) is 5.22 Å². The van der Waals surface area contributed by atoms with Gasteiger partial charge in [0, 0.05) is 6.92 Å². The van der Waals surface area contributed by atoms with Gasteiger partial charge in [-0.25, -0.2) is 4.98 Å². The van der Waals surface area contributed by atoms with Crippen molar-refractivity contribution in [2.45, 2.75) is 0 Å². The second-order valence-electron chi connectivity index (χ2n) is 1.07. The summed E-state index contributed by atoms with van der Waals surface area (Å²) in [7, 11) is 0. The summed E-state index contributed by atoms with van der Waals surface area (Å²) in [5, 5.41) is 0.264. The molecule has 1 radical (unpaired) electrons. The van der Waals surface area contributed by atoms with Crippen LogP contribution in [-0.4, -0.2) is 4.98 Å². The summed E-state index contributed by atoms with van der Waals surface area (Å²) < 4.78 is 4.56. The molecule has 1 aromatic heterocycles. The van der Waals surface area contributed by atoms with Crippen molar-refractivity contribution < 1.29 is 4.42 Å². The number of halogens is 1. The van der Waals surface area contributed by atoms with Crippen LogP contribution < -0.4 is 0 Å². The molecule has 0 atom stereocenters. The third kappa shape index (κ3) is 0.747. The van der Waals surface area contributed by atoms with Gasteiger partial charge in [-0.1, -0.05) is 0 Å². The van der Waals surface area contributed by atoms with E-state index in [0.29, 0.717) is 5.69 Å². The maximum Gasteiger partial charge on any atom is 0.216 e. The van der Waals surface area contributed by atoms with Crippen LogP contribution in [0.3, 0.4) is 0 Å². The van der Waals surface area contributed by atoms with E-state index >= 15 is 0 Å². The Labute approximate surface area is 46.1 Å². The Bertz CT molecular complexity index is 144. The van der Waals surface area contributed by atoms with Gasteiger partial charge in [-0.3, -0.25) is 0 Å². The molecule has 0 aliphatic carbocycles. The molecule has 0 N–H and O–H groups in total. The predicted molar refractivity (Wildman–Crippen MR) is 26.0 cm³/mol. The van der Waals surface area contributed by atoms with E-state index in [-0.39, 0.29) is 5.22 Å². The molecular formula is C4H3ClNO. The monoisotopic (exact) mass is 116 g/mol. The molecule has 0 aromatic carbocycles. The number of rotatable bonds is 0. The number of aromatic nitrogens is 1. The van der Waals surface area contributed by atoms with Crippen molar-refractivity contribution in [3.05, 3.63) is 24.2 Å². The molecule has 7 heavy (non-hydrogen) atoms. The van der Waals surface area contributed by atoms with Gasteiger partial charge in [0.2, 0.25) is 5.22 Å². The first-order valence-corrected chi connectivity index (χ1v) is 2.09. The van der Waals surface area contributed by atoms with Crippen molar-refractivity contribution in [2.75, 3.05) is 0 Å². The molecule has 0 saturated carbocycles. The molecule has 1 aromatic rings. The molecule has 2 nitrogen and oxygen atoms in total. The Hall–Kier alpha value is -0.500. The van der Waals surface area contributed by atoms with E-state index in [9.17, 15) is 0 Å². The molecule has 1 rings (SSSR count). The largest absolute Gasteiger partial charge is 0.432 e. The molecule has 0 aliphatic heterocycles. The van der Waals surface area contributed by atoms with E-state index in [1.165, 1.54) is 6.39 Å². The van der Waals surface area contributed by atoms with Crippen LogP contribution >= 0.6 is 11.6 Å². The summed E-state index contributed by atoms with van der Waals surface area (Å²) in [6.07, 6.45) is 1.25. The van der Waals surface area contributed by atoms with Crippen molar-refractivity contribution in [1.82, 2.24) is 4.98 Å². The van der Waals surface area contributed by atoms with Gasteiger partial charge in [0.25, 0.3) is 0 Å². The summed E-state index contributed by atoms with van der Waals surface area (Å²) in [6.45, 7) is 3.44. The first-order valence-electron chi connectivity index (χ1n) is 1.71. The Morgan fingerprint density at radius 2 is 2.57 bits per heavy atom. The highest BCUT2D eigenvalue weighted by Crippen LogP contribution is 2.10. The SMILES string of the molecule is [CH2]c1ncoc1Cl. The van der Waals surface area contributed by atoms with Crippen LogP contribution in [-0.2, 0) is 0 Å². The fraction of sp³-hybridized carbons (Fsp3) is 0.